The van der Waals surface area contributed by atoms with E-state index in [1.54, 1.807) is 0 Å². The summed E-state index contributed by atoms with van der Waals surface area (Å²) in [6.45, 7) is 4.17. The summed E-state index contributed by atoms with van der Waals surface area (Å²) in [5.41, 5.74) is 0. The zero-order valence-corrected chi connectivity index (χ0v) is 31.0. The fraction of sp³-hybridized carbons (Fsp3) is 0.674. The van der Waals surface area contributed by atoms with E-state index in [-0.39, 0.29) is 25.2 Å². The first kappa shape index (κ1) is 45.3. The minimum absolute atomic E-state index is 0.152. The number of ether oxygens (including phenoxy) is 2. The molecule has 0 saturated carbocycles. The molecule has 48 heavy (non-hydrogen) atoms. The van der Waals surface area contributed by atoms with Crippen LogP contribution in [0, 0.1) is 0 Å². The lowest BCUT2D eigenvalue weighted by Crippen LogP contribution is -2.25. The van der Waals surface area contributed by atoms with Crippen molar-refractivity contribution in [3.63, 3.8) is 0 Å². The van der Waals surface area contributed by atoms with Gasteiger partial charge in [0.05, 0.1) is 0 Å². The SMILES string of the molecule is CCCCCC=CCC=CCCCCC=CCCCC(=O)OCC(O)COC(=O)CCCC=CCCCCC=CCC=CCCCCC. The Morgan fingerprint density at radius 2 is 0.708 bits per heavy atom. The van der Waals surface area contributed by atoms with Crippen LogP contribution in [0.15, 0.2) is 72.9 Å². The molecule has 0 spiro atoms. The van der Waals surface area contributed by atoms with E-state index >= 15 is 0 Å². The van der Waals surface area contributed by atoms with Crippen LogP contribution in [0.5, 0.6) is 0 Å². The van der Waals surface area contributed by atoms with Crippen LogP contribution in [0.25, 0.3) is 0 Å². The minimum Gasteiger partial charge on any atom is -0.463 e. The monoisotopic (exact) mass is 669 g/mol. The van der Waals surface area contributed by atoms with Crippen molar-refractivity contribution < 1.29 is 24.2 Å². The molecule has 0 aliphatic rings. The Kier molecular flexibility index (Phi) is 36.6. The van der Waals surface area contributed by atoms with Gasteiger partial charge in [-0.25, -0.2) is 0 Å². The summed E-state index contributed by atoms with van der Waals surface area (Å²) in [5.74, 6) is -0.666. The molecule has 0 aromatic heterocycles. The van der Waals surface area contributed by atoms with Gasteiger partial charge in [-0.05, 0) is 116 Å². The Balaban J connectivity index is 3.58. The smallest absolute Gasteiger partial charge is 0.305 e. The number of allylic oxidation sites excluding steroid dienone is 12. The molecule has 0 heterocycles. The Morgan fingerprint density at radius 3 is 1.02 bits per heavy atom. The lowest BCUT2D eigenvalue weighted by Gasteiger charge is -2.11. The number of carbonyl (C=O) groups is 2. The summed E-state index contributed by atoms with van der Waals surface area (Å²) >= 11 is 0. The van der Waals surface area contributed by atoms with Gasteiger partial charge in [0.2, 0.25) is 0 Å². The number of hydrogen-bond acceptors (Lipinski definition) is 5. The summed E-state index contributed by atoms with van der Waals surface area (Å²) < 4.78 is 10.3. The molecule has 0 unspecified atom stereocenters. The van der Waals surface area contributed by atoms with Crippen LogP contribution < -0.4 is 0 Å². The molecule has 0 radical (unpaired) electrons. The van der Waals surface area contributed by atoms with E-state index in [4.69, 9.17) is 9.47 Å². The Hall–Kier alpha value is -2.66. The highest BCUT2D eigenvalue weighted by atomic mass is 16.6. The number of aliphatic hydroxyl groups excluding tert-OH is 1. The molecule has 5 nitrogen and oxygen atoms in total. The van der Waals surface area contributed by atoms with Gasteiger partial charge in [-0.15, -0.1) is 0 Å². The van der Waals surface area contributed by atoms with E-state index in [0.717, 1.165) is 64.2 Å². The molecule has 0 amide bonds. The largest absolute Gasteiger partial charge is 0.463 e. The Bertz CT molecular complexity index is 823. The maximum atomic E-state index is 11.9. The van der Waals surface area contributed by atoms with Crippen LogP contribution in [0.3, 0.4) is 0 Å². The average Bonchev–Trinajstić information content (AvgIpc) is 3.09. The fourth-order valence-corrected chi connectivity index (χ4v) is 4.86. The number of hydrogen-bond donors (Lipinski definition) is 1. The fourth-order valence-electron chi connectivity index (χ4n) is 4.86. The molecule has 0 saturated heterocycles. The molecule has 5 heteroatoms. The van der Waals surface area contributed by atoms with Gasteiger partial charge >= 0.3 is 11.9 Å². The minimum atomic E-state index is -0.999. The standard InChI is InChI=1S/C43H72O5/c1-3-5-7-9-11-13-15-17-19-21-23-25-27-29-31-33-35-37-42(45)47-39-41(44)40-48-43(46)38-36-34-32-30-28-26-24-22-20-18-16-14-12-10-8-6-4-2/h11-14,17-20,29-32,41,44H,3-10,15-16,21-28,33-40H2,1-2H3. The zero-order valence-electron chi connectivity index (χ0n) is 31.0. The first-order valence-corrected chi connectivity index (χ1v) is 19.5. The Labute approximate surface area is 295 Å². The molecule has 0 aromatic carbocycles. The normalized spacial score (nSPS) is 13.0. The number of rotatable bonds is 34. The third kappa shape index (κ3) is 37.8. The topological polar surface area (TPSA) is 72.8 Å². The molecule has 0 atom stereocenters. The highest BCUT2D eigenvalue weighted by Gasteiger charge is 2.11. The summed E-state index contributed by atoms with van der Waals surface area (Å²) in [6, 6.07) is 0. The van der Waals surface area contributed by atoms with Crippen LogP contribution in [-0.2, 0) is 19.1 Å². The highest BCUT2D eigenvalue weighted by molar-refractivity contribution is 5.69. The number of carbonyl (C=O) groups excluding carboxylic acids is 2. The molecular weight excluding hydrogens is 596 g/mol. The lowest BCUT2D eigenvalue weighted by atomic mass is 10.1. The maximum Gasteiger partial charge on any atom is 0.305 e. The second-order valence-corrected chi connectivity index (χ2v) is 12.7. The highest BCUT2D eigenvalue weighted by Crippen LogP contribution is 2.08. The van der Waals surface area contributed by atoms with E-state index in [1.807, 2.05) is 0 Å². The van der Waals surface area contributed by atoms with E-state index < -0.39 is 6.10 Å². The summed E-state index contributed by atoms with van der Waals surface area (Å²) in [7, 11) is 0. The first-order chi connectivity index (χ1) is 23.6. The third-order valence-corrected chi connectivity index (χ3v) is 7.85. The molecule has 0 aliphatic carbocycles. The van der Waals surface area contributed by atoms with E-state index in [1.165, 1.54) is 77.0 Å². The van der Waals surface area contributed by atoms with Crippen LogP contribution >= 0.6 is 0 Å². The average molecular weight is 669 g/mol. The summed E-state index contributed by atoms with van der Waals surface area (Å²) in [5, 5.41) is 10.00. The van der Waals surface area contributed by atoms with Gasteiger partial charge in [-0.2, -0.15) is 0 Å². The lowest BCUT2D eigenvalue weighted by molar-refractivity contribution is -0.152. The van der Waals surface area contributed by atoms with Gasteiger partial charge in [-0.1, -0.05) is 112 Å². The van der Waals surface area contributed by atoms with Crippen LogP contribution in [-0.4, -0.2) is 36.4 Å². The van der Waals surface area contributed by atoms with Gasteiger partial charge in [0.1, 0.15) is 19.3 Å². The third-order valence-electron chi connectivity index (χ3n) is 7.85. The summed E-state index contributed by atoms with van der Waals surface area (Å²) in [4.78, 5) is 23.9. The van der Waals surface area contributed by atoms with Crippen molar-refractivity contribution >= 4 is 11.9 Å². The second kappa shape index (κ2) is 38.8. The molecule has 0 bridgehead atoms. The predicted octanol–water partition coefficient (Wildman–Crippen LogP) is 12.2. The number of unbranched alkanes of at least 4 members (excludes halogenated alkanes) is 14. The molecule has 0 aromatic rings. The van der Waals surface area contributed by atoms with Crippen LogP contribution in [0.2, 0.25) is 0 Å². The summed E-state index contributed by atoms with van der Waals surface area (Å²) in [6.07, 6.45) is 51.0. The maximum absolute atomic E-state index is 11.9. The van der Waals surface area contributed by atoms with Crippen molar-refractivity contribution in [1.29, 1.82) is 0 Å². The van der Waals surface area contributed by atoms with Crippen LogP contribution in [0.1, 0.15) is 168 Å². The Morgan fingerprint density at radius 1 is 0.438 bits per heavy atom. The molecule has 0 aliphatic heterocycles. The number of esters is 2. The number of aliphatic hydroxyl groups is 1. The van der Waals surface area contributed by atoms with Gasteiger partial charge in [-0.3, -0.25) is 9.59 Å². The quantitative estimate of drug-likeness (QED) is 0.0420. The van der Waals surface area contributed by atoms with Crippen molar-refractivity contribution in [1.82, 2.24) is 0 Å². The van der Waals surface area contributed by atoms with Crippen molar-refractivity contribution in [3.8, 4) is 0 Å². The van der Waals surface area contributed by atoms with Crippen molar-refractivity contribution in [2.45, 2.75) is 174 Å². The first-order valence-electron chi connectivity index (χ1n) is 19.5. The molecule has 274 valence electrons. The van der Waals surface area contributed by atoms with Crippen LogP contribution in [0.4, 0.5) is 0 Å². The predicted molar refractivity (Wildman–Crippen MR) is 205 cm³/mol. The molecule has 0 rings (SSSR count). The van der Waals surface area contributed by atoms with Gasteiger partial charge in [0.25, 0.3) is 0 Å². The van der Waals surface area contributed by atoms with Crippen molar-refractivity contribution in [3.05, 3.63) is 72.9 Å². The van der Waals surface area contributed by atoms with Gasteiger partial charge in [0.15, 0.2) is 0 Å². The van der Waals surface area contributed by atoms with Gasteiger partial charge in [0, 0.05) is 12.8 Å². The van der Waals surface area contributed by atoms with E-state index in [0.29, 0.717) is 12.8 Å². The van der Waals surface area contributed by atoms with Crippen molar-refractivity contribution in [2.24, 2.45) is 0 Å². The molecule has 0 fully saturated rings. The van der Waals surface area contributed by atoms with Crippen molar-refractivity contribution in [2.75, 3.05) is 13.2 Å². The van der Waals surface area contributed by atoms with E-state index in [9.17, 15) is 14.7 Å². The second-order valence-electron chi connectivity index (χ2n) is 12.7. The van der Waals surface area contributed by atoms with E-state index in [2.05, 4.69) is 86.8 Å². The molecular formula is C43H72O5. The van der Waals surface area contributed by atoms with Gasteiger partial charge < -0.3 is 14.6 Å². The molecule has 1 N–H and O–H groups in total. The zero-order chi connectivity index (χ0) is 35.0.